The number of amides is 1. The van der Waals surface area contributed by atoms with Crippen LogP contribution in [0.25, 0.3) is 0 Å². The van der Waals surface area contributed by atoms with Gasteiger partial charge >= 0.3 is 12.1 Å². The quantitative estimate of drug-likeness (QED) is 0.559. The summed E-state index contributed by atoms with van der Waals surface area (Å²) in [6, 6.07) is -0.489. The van der Waals surface area contributed by atoms with Gasteiger partial charge in [-0.25, -0.2) is 9.59 Å². The van der Waals surface area contributed by atoms with Crippen LogP contribution in [0.15, 0.2) is 0 Å². The van der Waals surface area contributed by atoms with E-state index < -0.39 is 12.1 Å². The summed E-state index contributed by atoms with van der Waals surface area (Å²) < 4.78 is 10.0. The maximum atomic E-state index is 12.2. The molecule has 4 atom stereocenters. The van der Waals surface area contributed by atoms with Crippen LogP contribution < -0.4 is 0 Å². The van der Waals surface area contributed by atoms with E-state index in [1.54, 1.807) is 11.8 Å². The Morgan fingerprint density at radius 1 is 1.23 bits per heavy atom. The predicted octanol–water partition coefficient (Wildman–Crippen LogP) is 3.21. The standard InChI is InChI=1S/C16H26BrNO4/c1-3-22-15(19)14-9-13-8-11(6-7-17)4-5-12(13)10-18(14)16(20)21-2/h11-14H,3-10H2,1-2H3. The zero-order valence-corrected chi connectivity index (χ0v) is 15.0. The molecule has 22 heavy (non-hydrogen) atoms. The molecule has 2 aliphatic rings. The summed E-state index contributed by atoms with van der Waals surface area (Å²) >= 11 is 3.52. The molecular weight excluding hydrogens is 350 g/mol. The SMILES string of the molecule is CCOC(=O)C1CC2CC(CCBr)CCC2CN1C(=O)OC. The van der Waals surface area contributed by atoms with E-state index in [4.69, 9.17) is 9.47 Å². The molecule has 1 aliphatic heterocycles. The molecule has 0 aromatic rings. The minimum atomic E-state index is -0.489. The molecule has 1 amide bonds. The van der Waals surface area contributed by atoms with E-state index in [0.717, 1.165) is 24.1 Å². The zero-order valence-electron chi connectivity index (χ0n) is 13.4. The van der Waals surface area contributed by atoms with Gasteiger partial charge in [-0.15, -0.1) is 0 Å². The summed E-state index contributed by atoms with van der Waals surface area (Å²) in [6.45, 7) is 2.74. The fourth-order valence-electron chi connectivity index (χ4n) is 3.94. The number of ether oxygens (including phenoxy) is 2. The van der Waals surface area contributed by atoms with E-state index in [-0.39, 0.29) is 5.97 Å². The van der Waals surface area contributed by atoms with Gasteiger partial charge in [0.1, 0.15) is 6.04 Å². The molecule has 2 rings (SSSR count). The third-order valence-electron chi connectivity index (χ3n) is 5.07. The number of piperidine rings is 1. The molecule has 6 heteroatoms. The Kier molecular flexibility index (Phi) is 6.53. The minimum Gasteiger partial charge on any atom is -0.464 e. The van der Waals surface area contributed by atoms with Gasteiger partial charge in [0.05, 0.1) is 13.7 Å². The lowest BCUT2D eigenvalue weighted by Gasteiger charge is -2.46. The molecular formula is C16H26BrNO4. The second kappa shape index (κ2) is 8.18. The van der Waals surface area contributed by atoms with Crippen LogP contribution in [-0.2, 0) is 14.3 Å². The molecule has 0 aromatic heterocycles. The summed E-state index contributed by atoms with van der Waals surface area (Å²) in [5.74, 6) is 1.42. The highest BCUT2D eigenvalue weighted by molar-refractivity contribution is 9.09. The Balaban J connectivity index is 2.08. The largest absolute Gasteiger partial charge is 0.464 e. The third-order valence-corrected chi connectivity index (χ3v) is 5.52. The summed E-state index contributed by atoms with van der Waals surface area (Å²) in [5.41, 5.74) is 0. The van der Waals surface area contributed by atoms with Gasteiger partial charge in [0.2, 0.25) is 0 Å². The van der Waals surface area contributed by atoms with Crippen molar-refractivity contribution in [3.63, 3.8) is 0 Å². The molecule has 0 radical (unpaired) electrons. The maximum absolute atomic E-state index is 12.2. The lowest BCUT2D eigenvalue weighted by molar-refractivity contribution is -0.152. The van der Waals surface area contributed by atoms with Gasteiger partial charge in [-0.1, -0.05) is 22.4 Å². The first-order valence-electron chi connectivity index (χ1n) is 8.17. The average molecular weight is 376 g/mol. The number of carbonyl (C=O) groups excluding carboxylic acids is 2. The van der Waals surface area contributed by atoms with E-state index in [1.165, 1.54) is 20.0 Å². The second-order valence-electron chi connectivity index (χ2n) is 6.30. The number of hydrogen-bond donors (Lipinski definition) is 0. The van der Waals surface area contributed by atoms with E-state index in [1.807, 2.05) is 0 Å². The Hall–Kier alpha value is -0.780. The molecule has 0 N–H and O–H groups in total. The van der Waals surface area contributed by atoms with Crippen LogP contribution in [-0.4, -0.2) is 48.6 Å². The number of likely N-dealkylation sites (tertiary alicyclic amines) is 1. The number of halogens is 1. The van der Waals surface area contributed by atoms with Gasteiger partial charge in [0, 0.05) is 11.9 Å². The van der Waals surface area contributed by atoms with Gasteiger partial charge < -0.3 is 9.47 Å². The van der Waals surface area contributed by atoms with Gasteiger partial charge in [-0.05, 0) is 50.4 Å². The molecule has 1 saturated heterocycles. The number of methoxy groups -OCH3 is 1. The second-order valence-corrected chi connectivity index (χ2v) is 7.10. The molecule has 5 nitrogen and oxygen atoms in total. The van der Waals surface area contributed by atoms with E-state index in [0.29, 0.717) is 31.4 Å². The number of alkyl halides is 1. The van der Waals surface area contributed by atoms with Gasteiger partial charge in [-0.2, -0.15) is 0 Å². The third kappa shape index (κ3) is 3.94. The lowest BCUT2D eigenvalue weighted by Crippen LogP contribution is -2.55. The number of nitrogens with zero attached hydrogens (tertiary/aromatic N) is 1. The fraction of sp³-hybridized carbons (Fsp3) is 0.875. The van der Waals surface area contributed by atoms with E-state index in [2.05, 4.69) is 15.9 Å². The molecule has 2 fully saturated rings. The molecule has 4 unspecified atom stereocenters. The van der Waals surface area contributed by atoms with Gasteiger partial charge in [0.25, 0.3) is 0 Å². The van der Waals surface area contributed by atoms with Crippen molar-refractivity contribution in [3.8, 4) is 0 Å². The van der Waals surface area contributed by atoms with Crippen molar-refractivity contribution in [2.24, 2.45) is 17.8 Å². The van der Waals surface area contributed by atoms with Crippen LogP contribution >= 0.6 is 15.9 Å². The normalized spacial score (nSPS) is 31.3. The first kappa shape index (κ1) is 17.6. The molecule has 1 aliphatic carbocycles. The maximum Gasteiger partial charge on any atom is 0.410 e. The Labute approximate surface area is 140 Å². The van der Waals surface area contributed by atoms with Crippen molar-refractivity contribution < 1.29 is 19.1 Å². The van der Waals surface area contributed by atoms with Crippen LogP contribution in [0.5, 0.6) is 0 Å². The number of hydrogen-bond acceptors (Lipinski definition) is 4. The van der Waals surface area contributed by atoms with Crippen LogP contribution in [0.2, 0.25) is 0 Å². The molecule has 1 saturated carbocycles. The molecule has 0 aromatic carbocycles. The van der Waals surface area contributed by atoms with Crippen molar-refractivity contribution in [2.45, 2.75) is 45.1 Å². The molecule has 126 valence electrons. The molecule has 0 bridgehead atoms. The topological polar surface area (TPSA) is 55.8 Å². The van der Waals surface area contributed by atoms with Crippen molar-refractivity contribution in [1.29, 1.82) is 0 Å². The first-order valence-corrected chi connectivity index (χ1v) is 9.30. The Morgan fingerprint density at radius 2 is 2.00 bits per heavy atom. The smallest absolute Gasteiger partial charge is 0.410 e. The van der Waals surface area contributed by atoms with Crippen LogP contribution in [0, 0.1) is 17.8 Å². The Morgan fingerprint density at radius 3 is 2.64 bits per heavy atom. The minimum absolute atomic E-state index is 0.297. The van der Waals surface area contributed by atoms with Gasteiger partial charge in [-0.3, -0.25) is 4.90 Å². The van der Waals surface area contributed by atoms with Gasteiger partial charge in [0.15, 0.2) is 0 Å². The van der Waals surface area contributed by atoms with Crippen molar-refractivity contribution >= 4 is 28.0 Å². The van der Waals surface area contributed by atoms with Crippen LogP contribution in [0.4, 0.5) is 4.79 Å². The predicted molar refractivity (Wildman–Crippen MR) is 86.9 cm³/mol. The first-order chi connectivity index (χ1) is 10.6. The number of fused-ring (bicyclic) bond motifs is 1. The summed E-state index contributed by atoms with van der Waals surface area (Å²) in [6.07, 6.45) is 4.98. The van der Waals surface area contributed by atoms with Crippen LogP contribution in [0.3, 0.4) is 0 Å². The highest BCUT2D eigenvalue weighted by atomic mass is 79.9. The number of esters is 1. The van der Waals surface area contributed by atoms with E-state index >= 15 is 0 Å². The van der Waals surface area contributed by atoms with Crippen molar-refractivity contribution in [2.75, 3.05) is 25.6 Å². The fourth-order valence-corrected chi connectivity index (χ4v) is 4.59. The van der Waals surface area contributed by atoms with Crippen molar-refractivity contribution in [1.82, 2.24) is 4.90 Å². The number of carbonyl (C=O) groups is 2. The summed E-state index contributed by atoms with van der Waals surface area (Å²) in [7, 11) is 1.36. The lowest BCUT2D eigenvalue weighted by atomic mass is 9.68. The number of rotatable bonds is 4. The van der Waals surface area contributed by atoms with Crippen molar-refractivity contribution in [3.05, 3.63) is 0 Å². The summed E-state index contributed by atoms with van der Waals surface area (Å²) in [4.78, 5) is 25.8. The van der Waals surface area contributed by atoms with Crippen LogP contribution in [0.1, 0.15) is 39.0 Å². The highest BCUT2D eigenvalue weighted by Crippen LogP contribution is 2.42. The van der Waals surface area contributed by atoms with E-state index in [9.17, 15) is 9.59 Å². The average Bonchev–Trinajstić information content (AvgIpc) is 2.53. The molecule has 1 heterocycles. The Bertz CT molecular complexity index is 404. The zero-order chi connectivity index (χ0) is 16.1. The monoisotopic (exact) mass is 375 g/mol. The molecule has 0 spiro atoms. The summed E-state index contributed by atoms with van der Waals surface area (Å²) in [5, 5.41) is 1.03. The highest BCUT2D eigenvalue weighted by Gasteiger charge is 2.44.